The van der Waals surface area contributed by atoms with Gasteiger partial charge < -0.3 is 14.5 Å². The maximum Gasteiger partial charge on any atom is 0.291 e. The number of imidazole rings is 1. The Hall–Kier alpha value is -0.610. The van der Waals surface area contributed by atoms with Crippen molar-refractivity contribution in [2.75, 3.05) is 6.61 Å². The highest BCUT2D eigenvalue weighted by molar-refractivity contribution is 8.00. The van der Waals surface area contributed by atoms with Crippen LogP contribution < -0.4 is 0 Å². The number of ether oxygens (including phenoxy) is 1. The van der Waals surface area contributed by atoms with Crippen LogP contribution in [0, 0.1) is 10.1 Å². The van der Waals surface area contributed by atoms with E-state index in [1.165, 1.54) is 11.8 Å². The van der Waals surface area contributed by atoms with Crippen LogP contribution in [0.5, 0.6) is 0 Å². The minimum Gasteiger partial charge on any atom is -0.378 e. The molecule has 0 fully saturated rings. The monoisotopic (exact) mass is 509 g/mol. The van der Waals surface area contributed by atoms with Gasteiger partial charge in [-0.1, -0.05) is 58.0 Å². The second-order valence-corrected chi connectivity index (χ2v) is 8.72. The Kier molecular flexibility index (Phi) is 11.1. The molecule has 1 atom stereocenters. The Bertz CT molecular complexity index is 759. The Morgan fingerprint density at radius 1 is 1.18 bits per heavy atom. The minimum atomic E-state index is -1.50. The van der Waals surface area contributed by atoms with Gasteiger partial charge in [0.05, 0.1) is 49.4 Å². The number of halogens is 5. The molecular formula is C15H16Cl5N3O4S. The molecule has 0 spiro atoms. The van der Waals surface area contributed by atoms with Gasteiger partial charge in [-0.2, -0.15) is 0 Å². The molecule has 28 heavy (non-hydrogen) atoms. The Balaban J connectivity index is 0.000000892. The van der Waals surface area contributed by atoms with Gasteiger partial charge in [0.25, 0.3) is 5.09 Å². The summed E-state index contributed by atoms with van der Waals surface area (Å²) in [7, 11) is 0. The van der Waals surface area contributed by atoms with Crippen LogP contribution in [0.2, 0.25) is 25.1 Å². The van der Waals surface area contributed by atoms with E-state index in [4.69, 9.17) is 78.1 Å². The third-order valence-electron chi connectivity index (χ3n) is 3.04. The van der Waals surface area contributed by atoms with E-state index in [0.717, 1.165) is 0 Å². The summed E-state index contributed by atoms with van der Waals surface area (Å²) in [4.78, 5) is 13.0. The summed E-state index contributed by atoms with van der Waals surface area (Å²) in [5.41, 5.74) is 0. The van der Waals surface area contributed by atoms with Crippen molar-refractivity contribution in [3.8, 4) is 0 Å². The standard InChI is InChI=1S/C15H15Cl5N2OS.HNO3/c1-8(2)23-6-9(5-22-4-3-21-7-22)24-15-13(19)11(17)10(16)12(18)14(15)20;2-1(3)4/h3-4,7-9H,5-6H2,1-2H3;(H,2,3,4). The van der Waals surface area contributed by atoms with Crippen molar-refractivity contribution < 1.29 is 15.0 Å². The number of rotatable bonds is 7. The van der Waals surface area contributed by atoms with Gasteiger partial charge in [0, 0.05) is 23.8 Å². The van der Waals surface area contributed by atoms with E-state index in [1.54, 1.807) is 12.5 Å². The quantitative estimate of drug-likeness (QED) is 0.152. The number of aromatic nitrogens is 2. The molecule has 13 heteroatoms. The molecular weight excluding hydrogens is 496 g/mol. The van der Waals surface area contributed by atoms with Gasteiger partial charge >= 0.3 is 0 Å². The highest BCUT2D eigenvalue weighted by Crippen LogP contribution is 2.48. The predicted octanol–water partition coefficient (Wildman–Crippen LogP) is 6.39. The summed E-state index contributed by atoms with van der Waals surface area (Å²) in [5, 5.41) is 14.8. The van der Waals surface area contributed by atoms with E-state index in [0.29, 0.717) is 28.1 Å². The molecule has 0 saturated heterocycles. The molecule has 7 nitrogen and oxygen atoms in total. The zero-order chi connectivity index (χ0) is 21.4. The van der Waals surface area contributed by atoms with Crippen molar-refractivity contribution in [3.63, 3.8) is 0 Å². The van der Waals surface area contributed by atoms with Gasteiger partial charge in [-0.25, -0.2) is 4.98 Å². The van der Waals surface area contributed by atoms with E-state index < -0.39 is 5.09 Å². The average molecular weight is 512 g/mol. The smallest absolute Gasteiger partial charge is 0.291 e. The first-order valence-electron chi connectivity index (χ1n) is 7.63. The third-order valence-corrected chi connectivity index (χ3v) is 6.81. The van der Waals surface area contributed by atoms with Crippen molar-refractivity contribution in [2.45, 2.75) is 36.6 Å². The SMILES string of the molecule is CC(C)OCC(Cn1ccnc1)Sc1c(Cl)c(Cl)c(Cl)c(Cl)c1Cl.O=[N+]([O-])O. The highest BCUT2D eigenvalue weighted by atomic mass is 35.5. The lowest BCUT2D eigenvalue weighted by Gasteiger charge is -2.21. The van der Waals surface area contributed by atoms with Crippen LogP contribution in [0.1, 0.15) is 13.8 Å². The summed E-state index contributed by atoms with van der Waals surface area (Å²) in [6.07, 6.45) is 5.46. The van der Waals surface area contributed by atoms with Crippen LogP contribution in [0.3, 0.4) is 0 Å². The second kappa shape index (κ2) is 12.2. The van der Waals surface area contributed by atoms with Gasteiger partial charge in [-0.3, -0.25) is 0 Å². The molecule has 0 amide bonds. The van der Waals surface area contributed by atoms with Crippen molar-refractivity contribution in [1.29, 1.82) is 0 Å². The molecule has 1 N–H and O–H groups in total. The fraction of sp³-hybridized carbons (Fsp3) is 0.400. The lowest BCUT2D eigenvalue weighted by molar-refractivity contribution is -0.742. The maximum atomic E-state index is 8.36. The van der Waals surface area contributed by atoms with Crippen LogP contribution in [0.4, 0.5) is 0 Å². The summed E-state index contributed by atoms with van der Waals surface area (Å²) in [5.74, 6) is 0. The third kappa shape index (κ3) is 8.02. The Morgan fingerprint density at radius 3 is 2.11 bits per heavy atom. The fourth-order valence-corrected chi connectivity index (χ4v) is 4.56. The summed E-state index contributed by atoms with van der Waals surface area (Å²) >= 11 is 32.4. The number of hydrogen-bond acceptors (Lipinski definition) is 5. The van der Waals surface area contributed by atoms with Crippen molar-refractivity contribution in [3.05, 3.63) is 53.9 Å². The minimum absolute atomic E-state index is 0.0323. The van der Waals surface area contributed by atoms with Gasteiger partial charge in [-0.05, 0) is 13.8 Å². The zero-order valence-electron chi connectivity index (χ0n) is 14.6. The lowest BCUT2D eigenvalue weighted by atomic mass is 10.3. The first-order valence-corrected chi connectivity index (χ1v) is 10.4. The van der Waals surface area contributed by atoms with Crippen LogP contribution in [0.15, 0.2) is 23.6 Å². The van der Waals surface area contributed by atoms with Crippen molar-refractivity contribution in [2.24, 2.45) is 0 Å². The molecule has 0 bridgehead atoms. The van der Waals surface area contributed by atoms with E-state index in [-0.39, 0.29) is 26.4 Å². The largest absolute Gasteiger partial charge is 0.378 e. The van der Waals surface area contributed by atoms with Gasteiger partial charge in [0.2, 0.25) is 0 Å². The van der Waals surface area contributed by atoms with E-state index in [1.807, 2.05) is 24.6 Å². The first-order chi connectivity index (χ1) is 13.0. The normalized spacial score (nSPS) is 11.9. The van der Waals surface area contributed by atoms with Crippen LogP contribution in [-0.4, -0.2) is 37.8 Å². The molecule has 1 unspecified atom stereocenters. The molecule has 156 valence electrons. The Labute approximate surface area is 190 Å². The van der Waals surface area contributed by atoms with Crippen molar-refractivity contribution >= 4 is 69.8 Å². The van der Waals surface area contributed by atoms with Gasteiger partial charge in [0.1, 0.15) is 0 Å². The predicted molar refractivity (Wildman–Crippen MR) is 113 cm³/mol. The first kappa shape index (κ1) is 25.4. The summed E-state index contributed by atoms with van der Waals surface area (Å²) < 4.78 is 7.72. The van der Waals surface area contributed by atoms with Gasteiger partial charge in [0.15, 0.2) is 0 Å². The van der Waals surface area contributed by atoms with Crippen LogP contribution >= 0.6 is 69.8 Å². The molecule has 1 aromatic carbocycles. The highest BCUT2D eigenvalue weighted by Gasteiger charge is 2.23. The van der Waals surface area contributed by atoms with E-state index in [9.17, 15) is 0 Å². The molecule has 1 heterocycles. The molecule has 0 aliphatic heterocycles. The number of hydrogen-bond donors (Lipinski definition) is 1. The average Bonchev–Trinajstić information content (AvgIpc) is 3.12. The molecule has 0 radical (unpaired) electrons. The molecule has 2 rings (SSSR count). The molecule has 0 aliphatic rings. The zero-order valence-corrected chi connectivity index (χ0v) is 19.2. The van der Waals surface area contributed by atoms with E-state index >= 15 is 0 Å². The Morgan fingerprint density at radius 2 is 1.68 bits per heavy atom. The van der Waals surface area contributed by atoms with Crippen LogP contribution in [-0.2, 0) is 11.3 Å². The van der Waals surface area contributed by atoms with Crippen LogP contribution in [0.25, 0.3) is 0 Å². The van der Waals surface area contributed by atoms with Crippen molar-refractivity contribution in [1.82, 2.24) is 9.55 Å². The number of thioether (sulfide) groups is 1. The molecule has 0 aliphatic carbocycles. The lowest BCUT2D eigenvalue weighted by Crippen LogP contribution is -2.21. The molecule has 0 saturated carbocycles. The fourth-order valence-electron chi connectivity index (χ4n) is 1.91. The molecule has 1 aromatic heterocycles. The van der Waals surface area contributed by atoms with E-state index in [2.05, 4.69) is 4.98 Å². The summed E-state index contributed by atoms with van der Waals surface area (Å²) in [6, 6.07) is 0. The number of benzene rings is 1. The number of nitrogens with zero attached hydrogens (tertiary/aromatic N) is 3. The maximum absolute atomic E-state index is 8.36. The van der Waals surface area contributed by atoms with Gasteiger partial charge in [-0.15, -0.1) is 21.9 Å². The second-order valence-electron chi connectivity index (χ2n) is 5.52. The molecule has 2 aromatic rings. The topological polar surface area (TPSA) is 90.4 Å². The summed E-state index contributed by atoms with van der Waals surface area (Å²) in [6.45, 7) is 5.14.